The maximum Gasteiger partial charge on any atom is 0.338 e. The first kappa shape index (κ1) is 16.5. The summed E-state index contributed by atoms with van der Waals surface area (Å²) in [5.74, 6) is -1.31. The lowest BCUT2D eigenvalue weighted by Gasteiger charge is -2.09. The molecule has 0 atom stereocenters. The zero-order valence-corrected chi connectivity index (χ0v) is 12.7. The maximum absolute atomic E-state index is 11.5. The van der Waals surface area contributed by atoms with Crippen LogP contribution in [-0.4, -0.2) is 34.4 Å². The number of carboxylic acids is 1. The van der Waals surface area contributed by atoms with E-state index in [1.54, 1.807) is 19.9 Å². The molecule has 1 aromatic heterocycles. The van der Waals surface area contributed by atoms with Gasteiger partial charge >= 0.3 is 11.9 Å². The standard InChI is InChI=1S/C14H19NO4S/c1-4-5-6-19-11(16)8-20-13-12(14(17)18)9(2)7-10(3)15-13/h7H,4-6,8H2,1-3H3,(H,17,18). The molecule has 1 heterocycles. The normalized spacial score (nSPS) is 10.3. The summed E-state index contributed by atoms with van der Waals surface area (Å²) in [7, 11) is 0. The highest BCUT2D eigenvalue weighted by Crippen LogP contribution is 2.24. The molecule has 0 aliphatic carbocycles. The number of carboxylic acid groups (broad SMARTS) is 1. The molecule has 0 aliphatic heterocycles. The topological polar surface area (TPSA) is 76.5 Å². The molecule has 0 aromatic carbocycles. The van der Waals surface area contributed by atoms with E-state index in [0.717, 1.165) is 30.3 Å². The molecule has 0 saturated carbocycles. The van der Waals surface area contributed by atoms with E-state index in [0.29, 0.717) is 17.2 Å². The Balaban J connectivity index is 2.72. The summed E-state index contributed by atoms with van der Waals surface area (Å²) in [5.41, 5.74) is 1.53. The number of carbonyl (C=O) groups is 2. The SMILES string of the molecule is CCCCOC(=O)CSc1nc(C)cc(C)c1C(=O)O. The average Bonchev–Trinajstić information content (AvgIpc) is 2.35. The number of thioether (sulfide) groups is 1. The molecule has 0 unspecified atom stereocenters. The van der Waals surface area contributed by atoms with Crippen LogP contribution >= 0.6 is 11.8 Å². The monoisotopic (exact) mass is 297 g/mol. The van der Waals surface area contributed by atoms with Gasteiger partial charge in [-0.2, -0.15) is 0 Å². The number of rotatable bonds is 7. The highest BCUT2D eigenvalue weighted by Gasteiger charge is 2.17. The molecular weight excluding hydrogens is 278 g/mol. The van der Waals surface area contributed by atoms with Crippen molar-refractivity contribution in [1.82, 2.24) is 4.98 Å². The number of aromatic nitrogens is 1. The van der Waals surface area contributed by atoms with E-state index in [9.17, 15) is 14.7 Å². The molecule has 0 spiro atoms. The summed E-state index contributed by atoms with van der Waals surface area (Å²) in [5, 5.41) is 9.57. The van der Waals surface area contributed by atoms with Crippen molar-refractivity contribution in [1.29, 1.82) is 0 Å². The summed E-state index contributed by atoms with van der Waals surface area (Å²) < 4.78 is 5.03. The van der Waals surface area contributed by atoms with Gasteiger partial charge in [0.25, 0.3) is 0 Å². The van der Waals surface area contributed by atoms with Crippen LogP contribution in [0.2, 0.25) is 0 Å². The van der Waals surface area contributed by atoms with Gasteiger partial charge in [-0.15, -0.1) is 0 Å². The second kappa shape index (κ2) is 7.89. The molecular formula is C14H19NO4S. The Labute approximate surface area is 122 Å². The molecule has 6 heteroatoms. The molecule has 0 aliphatic rings. The van der Waals surface area contributed by atoms with Crippen LogP contribution in [0, 0.1) is 13.8 Å². The molecule has 20 heavy (non-hydrogen) atoms. The largest absolute Gasteiger partial charge is 0.478 e. The van der Waals surface area contributed by atoms with Crippen molar-refractivity contribution in [3.05, 3.63) is 22.9 Å². The molecule has 1 N–H and O–H groups in total. The minimum Gasteiger partial charge on any atom is -0.478 e. The number of hydrogen-bond acceptors (Lipinski definition) is 5. The van der Waals surface area contributed by atoms with Crippen molar-refractivity contribution < 1.29 is 19.4 Å². The number of hydrogen-bond donors (Lipinski definition) is 1. The Hall–Kier alpha value is -1.56. The molecule has 0 bridgehead atoms. The van der Waals surface area contributed by atoms with Gasteiger partial charge in [0.2, 0.25) is 0 Å². The van der Waals surface area contributed by atoms with Gasteiger partial charge in [-0.25, -0.2) is 9.78 Å². The van der Waals surface area contributed by atoms with Gasteiger partial charge in [-0.05, 0) is 31.9 Å². The molecule has 1 rings (SSSR count). The third-order valence-corrected chi connectivity index (χ3v) is 3.56. The molecule has 0 saturated heterocycles. The van der Waals surface area contributed by atoms with Gasteiger partial charge in [0, 0.05) is 5.69 Å². The smallest absolute Gasteiger partial charge is 0.338 e. The zero-order chi connectivity index (χ0) is 15.1. The number of nitrogens with zero attached hydrogens (tertiary/aromatic N) is 1. The third kappa shape index (κ3) is 4.85. The van der Waals surface area contributed by atoms with Crippen LogP contribution in [0.25, 0.3) is 0 Å². The van der Waals surface area contributed by atoms with Crippen molar-refractivity contribution in [2.24, 2.45) is 0 Å². The highest BCUT2D eigenvalue weighted by molar-refractivity contribution is 8.00. The number of carbonyl (C=O) groups excluding carboxylic acids is 1. The fourth-order valence-electron chi connectivity index (χ4n) is 1.67. The minimum absolute atomic E-state index is 0.0693. The predicted octanol–water partition coefficient (Wildman–Crippen LogP) is 2.83. The number of esters is 1. The van der Waals surface area contributed by atoms with Crippen LogP contribution in [0.3, 0.4) is 0 Å². The van der Waals surface area contributed by atoms with Crippen LogP contribution in [0.5, 0.6) is 0 Å². The number of pyridine rings is 1. The number of unbranched alkanes of at least 4 members (excludes halogenated alkanes) is 1. The van der Waals surface area contributed by atoms with E-state index in [4.69, 9.17) is 4.74 Å². The summed E-state index contributed by atoms with van der Waals surface area (Å²) in [6.07, 6.45) is 1.79. The van der Waals surface area contributed by atoms with E-state index < -0.39 is 5.97 Å². The van der Waals surface area contributed by atoms with E-state index >= 15 is 0 Å². The molecule has 110 valence electrons. The van der Waals surface area contributed by atoms with Gasteiger partial charge in [0.1, 0.15) is 5.03 Å². The van der Waals surface area contributed by atoms with Crippen LogP contribution in [-0.2, 0) is 9.53 Å². The molecule has 0 amide bonds. The van der Waals surface area contributed by atoms with Gasteiger partial charge < -0.3 is 9.84 Å². The van der Waals surface area contributed by atoms with Crippen molar-refractivity contribution in [2.75, 3.05) is 12.4 Å². The first-order valence-corrected chi connectivity index (χ1v) is 7.44. The van der Waals surface area contributed by atoms with Gasteiger partial charge in [-0.3, -0.25) is 4.79 Å². The van der Waals surface area contributed by atoms with Crippen LogP contribution in [0.4, 0.5) is 0 Å². The lowest BCUT2D eigenvalue weighted by Crippen LogP contribution is -2.10. The van der Waals surface area contributed by atoms with Crippen LogP contribution in [0.15, 0.2) is 11.1 Å². The fourth-order valence-corrected chi connectivity index (χ4v) is 2.61. The van der Waals surface area contributed by atoms with Gasteiger partial charge in [-0.1, -0.05) is 25.1 Å². The van der Waals surface area contributed by atoms with Crippen molar-refractivity contribution in [3.8, 4) is 0 Å². The van der Waals surface area contributed by atoms with Crippen molar-refractivity contribution >= 4 is 23.7 Å². The van der Waals surface area contributed by atoms with Crippen molar-refractivity contribution in [2.45, 2.75) is 38.6 Å². The van der Waals surface area contributed by atoms with Crippen molar-refractivity contribution in [3.63, 3.8) is 0 Å². The maximum atomic E-state index is 11.5. The van der Waals surface area contributed by atoms with Crippen LogP contribution < -0.4 is 0 Å². The zero-order valence-electron chi connectivity index (χ0n) is 11.9. The minimum atomic E-state index is -1.03. The Morgan fingerprint density at radius 1 is 1.40 bits per heavy atom. The first-order valence-electron chi connectivity index (χ1n) is 6.45. The Morgan fingerprint density at radius 2 is 2.10 bits per heavy atom. The third-order valence-electron chi connectivity index (χ3n) is 2.61. The molecule has 1 aromatic rings. The molecule has 5 nitrogen and oxygen atoms in total. The Bertz CT molecular complexity index is 502. The quantitative estimate of drug-likeness (QED) is 0.474. The summed E-state index contributed by atoms with van der Waals surface area (Å²) >= 11 is 1.10. The van der Waals surface area contributed by atoms with E-state index in [1.165, 1.54) is 0 Å². The number of ether oxygens (including phenoxy) is 1. The Morgan fingerprint density at radius 3 is 2.70 bits per heavy atom. The first-order chi connectivity index (χ1) is 9.45. The average molecular weight is 297 g/mol. The second-order valence-corrected chi connectivity index (χ2v) is 5.39. The Kier molecular flexibility index (Phi) is 6.51. The lowest BCUT2D eigenvalue weighted by molar-refractivity contribution is -0.140. The summed E-state index contributed by atoms with van der Waals surface area (Å²) in [6.45, 7) is 5.94. The predicted molar refractivity (Wildman–Crippen MR) is 77.3 cm³/mol. The fraction of sp³-hybridized carbons (Fsp3) is 0.500. The molecule has 0 radical (unpaired) electrons. The second-order valence-electron chi connectivity index (χ2n) is 4.43. The lowest BCUT2D eigenvalue weighted by atomic mass is 10.1. The van der Waals surface area contributed by atoms with Gasteiger partial charge in [0.05, 0.1) is 17.9 Å². The highest BCUT2D eigenvalue weighted by atomic mass is 32.2. The number of aryl methyl sites for hydroxylation is 2. The van der Waals surface area contributed by atoms with Gasteiger partial charge in [0.15, 0.2) is 0 Å². The number of aromatic carboxylic acids is 1. The summed E-state index contributed by atoms with van der Waals surface area (Å²) in [6, 6.07) is 1.72. The summed E-state index contributed by atoms with van der Waals surface area (Å²) in [4.78, 5) is 27.0. The molecule has 0 fully saturated rings. The van der Waals surface area contributed by atoms with E-state index in [2.05, 4.69) is 4.98 Å². The van der Waals surface area contributed by atoms with Crippen LogP contribution in [0.1, 0.15) is 41.4 Å². The van der Waals surface area contributed by atoms with E-state index in [1.807, 2.05) is 6.92 Å². The van der Waals surface area contributed by atoms with E-state index in [-0.39, 0.29) is 17.3 Å².